The van der Waals surface area contributed by atoms with Gasteiger partial charge in [-0.15, -0.1) is 0 Å². The second-order valence-corrected chi connectivity index (χ2v) is 4.95. The summed E-state index contributed by atoms with van der Waals surface area (Å²) < 4.78 is 0. The number of benzene rings is 3. The van der Waals surface area contributed by atoms with E-state index in [1.165, 1.54) is 0 Å². The molecule has 0 fully saturated rings. The van der Waals surface area contributed by atoms with Crippen LogP contribution in [-0.2, 0) is 4.79 Å². The van der Waals surface area contributed by atoms with Crippen LogP contribution < -0.4 is 5.73 Å². The van der Waals surface area contributed by atoms with E-state index in [1.54, 1.807) is 0 Å². The van der Waals surface area contributed by atoms with Gasteiger partial charge in [-0.3, -0.25) is 4.79 Å². The fourth-order valence-corrected chi connectivity index (χ4v) is 2.84. The van der Waals surface area contributed by atoms with Crippen LogP contribution in [0, 0.1) is 6.92 Å². The zero-order valence-corrected chi connectivity index (χ0v) is 11.1. The van der Waals surface area contributed by atoms with Crippen molar-refractivity contribution in [3.8, 4) is 0 Å². The number of fused-ring (bicyclic) bond motifs is 2. The van der Waals surface area contributed by atoms with E-state index in [0.29, 0.717) is 5.56 Å². The molecular weight excluding hydrogens is 250 g/mol. The molecule has 0 saturated carbocycles. The first-order valence-electron chi connectivity index (χ1n) is 6.49. The molecule has 0 radical (unpaired) electrons. The Labute approximate surface area is 116 Å². The summed E-state index contributed by atoms with van der Waals surface area (Å²) in [6, 6.07) is 14.6. The molecule has 0 spiro atoms. The third-order valence-corrected chi connectivity index (χ3v) is 3.82. The van der Waals surface area contributed by atoms with Crippen LogP contribution in [0.2, 0.25) is 0 Å². The van der Waals surface area contributed by atoms with Gasteiger partial charge < -0.3 is 10.8 Å². The molecule has 3 aromatic carbocycles. The van der Waals surface area contributed by atoms with Crippen molar-refractivity contribution in [2.45, 2.75) is 13.0 Å². The van der Waals surface area contributed by atoms with Crippen molar-refractivity contribution in [1.29, 1.82) is 0 Å². The molecule has 0 unspecified atom stereocenters. The molecule has 0 aromatic heterocycles. The Hall–Kier alpha value is -2.39. The molecule has 3 N–H and O–H groups in total. The van der Waals surface area contributed by atoms with Gasteiger partial charge in [0.2, 0.25) is 0 Å². The van der Waals surface area contributed by atoms with Crippen molar-refractivity contribution < 1.29 is 9.90 Å². The van der Waals surface area contributed by atoms with E-state index in [9.17, 15) is 9.90 Å². The van der Waals surface area contributed by atoms with Crippen molar-refractivity contribution in [3.05, 3.63) is 59.7 Å². The van der Waals surface area contributed by atoms with Crippen LogP contribution >= 0.6 is 0 Å². The normalized spacial score (nSPS) is 12.7. The summed E-state index contributed by atoms with van der Waals surface area (Å²) in [7, 11) is 0. The summed E-state index contributed by atoms with van der Waals surface area (Å²) >= 11 is 0. The summed E-state index contributed by atoms with van der Waals surface area (Å²) in [5, 5.41) is 13.2. The van der Waals surface area contributed by atoms with Gasteiger partial charge in [-0.05, 0) is 39.6 Å². The molecule has 100 valence electrons. The molecule has 3 rings (SSSR count). The largest absolute Gasteiger partial charge is 0.480 e. The average Bonchev–Trinajstić information content (AvgIpc) is 2.47. The second kappa shape index (κ2) is 4.62. The van der Waals surface area contributed by atoms with Crippen molar-refractivity contribution in [2.24, 2.45) is 5.73 Å². The minimum absolute atomic E-state index is 0.689. The van der Waals surface area contributed by atoms with Gasteiger partial charge in [-0.1, -0.05) is 48.5 Å². The number of aliphatic carboxylic acids is 1. The number of carbonyl (C=O) groups is 1. The predicted molar refractivity (Wildman–Crippen MR) is 80.8 cm³/mol. The van der Waals surface area contributed by atoms with Crippen molar-refractivity contribution in [2.75, 3.05) is 0 Å². The number of hydrogen-bond acceptors (Lipinski definition) is 2. The highest BCUT2D eigenvalue weighted by Crippen LogP contribution is 2.35. The smallest absolute Gasteiger partial charge is 0.325 e. The third kappa shape index (κ3) is 1.75. The first-order chi connectivity index (χ1) is 9.61. The van der Waals surface area contributed by atoms with Crippen LogP contribution in [0.4, 0.5) is 0 Å². The molecule has 0 heterocycles. The highest BCUT2D eigenvalue weighted by Gasteiger charge is 2.21. The van der Waals surface area contributed by atoms with E-state index >= 15 is 0 Å². The Morgan fingerprint density at radius 3 is 1.75 bits per heavy atom. The standard InChI is InChI=1S/C17H15NO2/c1-10-11-6-2-4-8-13(11)15(16(18)17(19)20)14-9-5-3-7-12(10)14/h2-9,16H,18H2,1H3,(H,19,20)/t16-/m0/s1. The van der Waals surface area contributed by atoms with Crippen LogP contribution in [-0.4, -0.2) is 11.1 Å². The average molecular weight is 265 g/mol. The van der Waals surface area contributed by atoms with Crippen molar-refractivity contribution >= 4 is 27.5 Å². The van der Waals surface area contributed by atoms with Crippen LogP contribution in [0.15, 0.2) is 48.5 Å². The van der Waals surface area contributed by atoms with Gasteiger partial charge in [-0.2, -0.15) is 0 Å². The second-order valence-electron chi connectivity index (χ2n) is 4.95. The van der Waals surface area contributed by atoms with E-state index < -0.39 is 12.0 Å². The van der Waals surface area contributed by atoms with E-state index in [0.717, 1.165) is 27.1 Å². The number of carboxylic acid groups (broad SMARTS) is 1. The van der Waals surface area contributed by atoms with Crippen LogP contribution in [0.3, 0.4) is 0 Å². The quantitative estimate of drug-likeness (QED) is 0.698. The first-order valence-corrected chi connectivity index (χ1v) is 6.49. The Bertz CT molecular complexity index is 767. The molecule has 3 heteroatoms. The van der Waals surface area contributed by atoms with Crippen LogP contribution in [0.5, 0.6) is 0 Å². The fraction of sp³-hybridized carbons (Fsp3) is 0.118. The van der Waals surface area contributed by atoms with Crippen molar-refractivity contribution in [3.63, 3.8) is 0 Å². The molecule has 3 nitrogen and oxygen atoms in total. The molecular formula is C17H15NO2. The van der Waals surface area contributed by atoms with Crippen molar-refractivity contribution in [1.82, 2.24) is 0 Å². The predicted octanol–water partition coefficient (Wildman–Crippen LogP) is 3.39. The molecule has 3 aromatic rings. The first kappa shape index (κ1) is 12.6. The van der Waals surface area contributed by atoms with Gasteiger partial charge in [0.25, 0.3) is 0 Å². The molecule has 0 bridgehead atoms. The lowest BCUT2D eigenvalue weighted by atomic mass is 9.89. The summed E-state index contributed by atoms with van der Waals surface area (Å²) in [6.45, 7) is 2.06. The molecule has 0 aliphatic rings. The van der Waals surface area contributed by atoms with Gasteiger partial charge in [0.15, 0.2) is 0 Å². The molecule has 1 atom stereocenters. The minimum Gasteiger partial charge on any atom is -0.480 e. The van der Waals surface area contributed by atoms with Gasteiger partial charge >= 0.3 is 5.97 Å². The minimum atomic E-state index is -1.02. The topological polar surface area (TPSA) is 63.3 Å². The number of nitrogens with two attached hydrogens (primary N) is 1. The Morgan fingerprint density at radius 2 is 1.35 bits per heavy atom. The summed E-state index contributed by atoms with van der Waals surface area (Å²) in [5.74, 6) is -1.01. The lowest BCUT2D eigenvalue weighted by molar-refractivity contribution is -0.138. The molecule has 0 aliphatic heterocycles. The van der Waals surface area contributed by atoms with Crippen LogP contribution in [0.1, 0.15) is 17.2 Å². The number of aryl methyl sites for hydroxylation is 1. The maximum absolute atomic E-state index is 11.3. The maximum atomic E-state index is 11.3. The van der Waals surface area contributed by atoms with Crippen LogP contribution in [0.25, 0.3) is 21.5 Å². The van der Waals surface area contributed by atoms with Gasteiger partial charge in [-0.25, -0.2) is 0 Å². The lowest BCUT2D eigenvalue weighted by Crippen LogP contribution is -2.21. The summed E-state index contributed by atoms with van der Waals surface area (Å²) in [5.41, 5.74) is 7.76. The lowest BCUT2D eigenvalue weighted by Gasteiger charge is -2.17. The summed E-state index contributed by atoms with van der Waals surface area (Å²) in [4.78, 5) is 11.3. The summed E-state index contributed by atoms with van der Waals surface area (Å²) in [6.07, 6.45) is 0. The van der Waals surface area contributed by atoms with E-state index in [1.807, 2.05) is 48.5 Å². The monoisotopic (exact) mass is 265 g/mol. The SMILES string of the molecule is Cc1c2ccccc2c([C@H](N)C(=O)O)c2ccccc12. The zero-order valence-electron chi connectivity index (χ0n) is 11.1. The van der Waals surface area contributed by atoms with Gasteiger partial charge in [0.1, 0.15) is 6.04 Å². The number of hydrogen-bond donors (Lipinski definition) is 2. The Balaban J connectivity index is 2.56. The Kier molecular flexibility index (Phi) is 2.92. The Morgan fingerprint density at radius 1 is 0.950 bits per heavy atom. The fourth-order valence-electron chi connectivity index (χ4n) is 2.84. The zero-order chi connectivity index (χ0) is 14.3. The van der Waals surface area contributed by atoms with Gasteiger partial charge in [0.05, 0.1) is 0 Å². The molecule has 0 amide bonds. The highest BCUT2D eigenvalue weighted by atomic mass is 16.4. The molecule has 0 aliphatic carbocycles. The van der Waals surface area contributed by atoms with E-state index in [4.69, 9.17) is 5.73 Å². The van der Waals surface area contributed by atoms with E-state index in [-0.39, 0.29) is 0 Å². The molecule has 20 heavy (non-hydrogen) atoms. The van der Waals surface area contributed by atoms with E-state index in [2.05, 4.69) is 6.92 Å². The molecule has 0 saturated heterocycles. The highest BCUT2D eigenvalue weighted by molar-refractivity contribution is 6.07. The van der Waals surface area contributed by atoms with Gasteiger partial charge in [0, 0.05) is 0 Å². The third-order valence-electron chi connectivity index (χ3n) is 3.82. The maximum Gasteiger partial charge on any atom is 0.325 e. The number of carboxylic acids is 1. The number of rotatable bonds is 2.